The van der Waals surface area contributed by atoms with Gasteiger partial charge in [-0.3, -0.25) is 4.79 Å². The van der Waals surface area contributed by atoms with Crippen molar-refractivity contribution in [2.45, 2.75) is 18.8 Å². The molecule has 1 aliphatic rings. The van der Waals surface area contributed by atoms with Crippen LogP contribution in [0.25, 0.3) is 0 Å². The van der Waals surface area contributed by atoms with Gasteiger partial charge < -0.3 is 4.74 Å². The maximum Gasteiger partial charge on any atom is 0.163 e. The third-order valence-electron chi connectivity index (χ3n) is 3.87. The van der Waals surface area contributed by atoms with E-state index < -0.39 is 0 Å². The van der Waals surface area contributed by atoms with Crippen molar-refractivity contribution in [1.82, 2.24) is 0 Å². The van der Waals surface area contributed by atoms with Crippen LogP contribution in [0.3, 0.4) is 0 Å². The van der Waals surface area contributed by atoms with E-state index in [1.165, 1.54) is 12.1 Å². The number of ether oxygens (including phenoxy) is 1. The van der Waals surface area contributed by atoms with Crippen LogP contribution in [0.4, 0.5) is 4.39 Å². The van der Waals surface area contributed by atoms with E-state index in [4.69, 9.17) is 4.74 Å². The summed E-state index contributed by atoms with van der Waals surface area (Å²) in [5.74, 6) is 0.788. The van der Waals surface area contributed by atoms with E-state index in [1.54, 1.807) is 19.2 Å². The highest BCUT2D eigenvalue weighted by atomic mass is 19.1. The average Bonchev–Trinajstić information content (AvgIpc) is 2.48. The Hall–Kier alpha value is -2.16. The van der Waals surface area contributed by atoms with Crippen molar-refractivity contribution in [1.29, 1.82) is 0 Å². The zero-order valence-electron chi connectivity index (χ0n) is 11.2. The molecule has 0 amide bonds. The number of carbonyl (C=O) groups is 1. The summed E-state index contributed by atoms with van der Waals surface area (Å²) in [5, 5.41) is 0. The number of halogens is 1. The molecule has 1 atom stereocenters. The number of ketones is 1. The predicted molar refractivity (Wildman–Crippen MR) is 74.8 cm³/mol. The lowest BCUT2D eigenvalue weighted by Crippen LogP contribution is -2.16. The SMILES string of the molecule is COc1ccc2c(c1)C(c1ccc(F)cc1)CCC2=O. The maximum absolute atomic E-state index is 13.1. The summed E-state index contributed by atoms with van der Waals surface area (Å²) in [4.78, 5) is 12.0. The molecule has 0 aliphatic heterocycles. The van der Waals surface area contributed by atoms with Gasteiger partial charge in [-0.1, -0.05) is 12.1 Å². The summed E-state index contributed by atoms with van der Waals surface area (Å²) in [5.41, 5.74) is 2.77. The fraction of sp³-hybridized carbons (Fsp3) is 0.235. The average molecular weight is 270 g/mol. The molecule has 2 nitrogen and oxygen atoms in total. The first kappa shape index (κ1) is 12.9. The largest absolute Gasteiger partial charge is 0.497 e. The number of carbonyl (C=O) groups excluding carboxylic acids is 1. The molecule has 0 radical (unpaired) electrons. The van der Waals surface area contributed by atoms with Gasteiger partial charge in [0.05, 0.1) is 7.11 Å². The summed E-state index contributed by atoms with van der Waals surface area (Å²) < 4.78 is 18.3. The monoisotopic (exact) mass is 270 g/mol. The van der Waals surface area contributed by atoms with E-state index >= 15 is 0 Å². The molecular weight excluding hydrogens is 255 g/mol. The van der Waals surface area contributed by atoms with Crippen molar-refractivity contribution in [3.8, 4) is 5.75 Å². The number of methoxy groups -OCH3 is 1. The molecule has 0 saturated heterocycles. The minimum absolute atomic E-state index is 0.124. The molecule has 0 fully saturated rings. The third kappa shape index (κ3) is 2.20. The van der Waals surface area contributed by atoms with E-state index in [1.807, 2.05) is 18.2 Å². The summed E-state index contributed by atoms with van der Waals surface area (Å²) in [6.45, 7) is 0. The van der Waals surface area contributed by atoms with Crippen LogP contribution in [0.15, 0.2) is 42.5 Å². The molecule has 3 rings (SSSR count). The van der Waals surface area contributed by atoms with Crippen molar-refractivity contribution in [2.75, 3.05) is 7.11 Å². The van der Waals surface area contributed by atoms with Crippen molar-refractivity contribution in [3.05, 3.63) is 65.0 Å². The molecule has 0 aromatic heterocycles. The van der Waals surface area contributed by atoms with Gasteiger partial charge in [-0.2, -0.15) is 0 Å². The van der Waals surface area contributed by atoms with Crippen LogP contribution >= 0.6 is 0 Å². The molecule has 0 bridgehead atoms. The fourth-order valence-electron chi connectivity index (χ4n) is 2.82. The lowest BCUT2D eigenvalue weighted by molar-refractivity contribution is 0.0969. The lowest BCUT2D eigenvalue weighted by Gasteiger charge is -2.25. The van der Waals surface area contributed by atoms with E-state index in [-0.39, 0.29) is 17.5 Å². The predicted octanol–water partition coefficient (Wildman–Crippen LogP) is 3.94. The van der Waals surface area contributed by atoms with Gasteiger partial charge in [-0.25, -0.2) is 4.39 Å². The van der Waals surface area contributed by atoms with Gasteiger partial charge >= 0.3 is 0 Å². The van der Waals surface area contributed by atoms with Crippen molar-refractivity contribution < 1.29 is 13.9 Å². The van der Waals surface area contributed by atoms with E-state index in [9.17, 15) is 9.18 Å². The van der Waals surface area contributed by atoms with Gasteiger partial charge in [-0.15, -0.1) is 0 Å². The second-order valence-electron chi connectivity index (χ2n) is 5.02. The molecular formula is C17H15FO2. The lowest BCUT2D eigenvalue weighted by atomic mass is 9.78. The number of hydrogen-bond acceptors (Lipinski definition) is 2. The number of benzene rings is 2. The van der Waals surface area contributed by atoms with Crippen LogP contribution in [0, 0.1) is 5.82 Å². The second kappa shape index (κ2) is 5.08. The first-order chi connectivity index (χ1) is 9.69. The Balaban J connectivity index is 2.09. The molecule has 0 spiro atoms. The summed E-state index contributed by atoms with van der Waals surface area (Å²) >= 11 is 0. The highest BCUT2D eigenvalue weighted by Crippen LogP contribution is 2.38. The minimum Gasteiger partial charge on any atom is -0.497 e. The summed E-state index contributed by atoms with van der Waals surface area (Å²) in [6.07, 6.45) is 1.28. The number of rotatable bonds is 2. The zero-order valence-corrected chi connectivity index (χ0v) is 11.2. The van der Waals surface area contributed by atoms with Gasteiger partial charge in [0.1, 0.15) is 11.6 Å². The Morgan fingerprint density at radius 3 is 2.60 bits per heavy atom. The van der Waals surface area contributed by atoms with Crippen LogP contribution in [-0.2, 0) is 0 Å². The third-order valence-corrected chi connectivity index (χ3v) is 3.87. The van der Waals surface area contributed by atoms with E-state index in [2.05, 4.69) is 0 Å². The highest BCUT2D eigenvalue weighted by Gasteiger charge is 2.27. The Bertz CT molecular complexity index is 647. The van der Waals surface area contributed by atoms with Crippen LogP contribution in [-0.4, -0.2) is 12.9 Å². The molecule has 0 heterocycles. The Morgan fingerprint density at radius 2 is 1.90 bits per heavy atom. The molecule has 0 N–H and O–H groups in total. The van der Waals surface area contributed by atoms with Crippen LogP contribution < -0.4 is 4.74 Å². The molecule has 102 valence electrons. The van der Waals surface area contributed by atoms with Gasteiger partial charge in [0.15, 0.2) is 5.78 Å². The molecule has 20 heavy (non-hydrogen) atoms. The molecule has 0 saturated carbocycles. The van der Waals surface area contributed by atoms with Crippen molar-refractivity contribution in [3.63, 3.8) is 0 Å². The summed E-state index contributed by atoms with van der Waals surface area (Å²) in [7, 11) is 1.61. The second-order valence-corrected chi connectivity index (χ2v) is 5.02. The topological polar surface area (TPSA) is 26.3 Å². The quantitative estimate of drug-likeness (QED) is 0.826. The number of fused-ring (bicyclic) bond motifs is 1. The summed E-state index contributed by atoms with van der Waals surface area (Å²) in [6, 6.07) is 12.1. The van der Waals surface area contributed by atoms with Crippen LogP contribution in [0.1, 0.15) is 40.2 Å². The van der Waals surface area contributed by atoms with E-state index in [0.717, 1.165) is 28.9 Å². The fourth-order valence-corrected chi connectivity index (χ4v) is 2.82. The molecule has 3 heteroatoms. The van der Waals surface area contributed by atoms with Crippen LogP contribution in [0.5, 0.6) is 5.75 Å². The first-order valence-corrected chi connectivity index (χ1v) is 6.65. The first-order valence-electron chi connectivity index (χ1n) is 6.65. The van der Waals surface area contributed by atoms with Crippen molar-refractivity contribution in [2.24, 2.45) is 0 Å². The van der Waals surface area contributed by atoms with E-state index in [0.29, 0.717) is 6.42 Å². The molecule has 2 aromatic carbocycles. The molecule has 1 unspecified atom stereocenters. The van der Waals surface area contributed by atoms with Gasteiger partial charge in [0.2, 0.25) is 0 Å². The minimum atomic E-state index is -0.244. The Morgan fingerprint density at radius 1 is 1.15 bits per heavy atom. The van der Waals surface area contributed by atoms with Gasteiger partial charge in [0.25, 0.3) is 0 Å². The Kier molecular flexibility index (Phi) is 3.26. The zero-order chi connectivity index (χ0) is 14.1. The molecule has 1 aliphatic carbocycles. The van der Waals surface area contributed by atoms with Crippen molar-refractivity contribution >= 4 is 5.78 Å². The maximum atomic E-state index is 13.1. The standard InChI is InChI=1S/C17H15FO2/c1-20-13-6-7-15-16(10-13)14(8-9-17(15)19)11-2-4-12(18)5-3-11/h2-7,10,14H,8-9H2,1H3. The number of hydrogen-bond donors (Lipinski definition) is 0. The normalized spacial score (nSPS) is 17.7. The van der Waals surface area contributed by atoms with Crippen LogP contribution in [0.2, 0.25) is 0 Å². The molecule has 2 aromatic rings. The Labute approximate surface area is 117 Å². The highest BCUT2D eigenvalue weighted by molar-refractivity contribution is 5.99. The van der Waals surface area contributed by atoms with Gasteiger partial charge in [-0.05, 0) is 47.9 Å². The van der Waals surface area contributed by atoms with Gasteiger partial charge in [0, 0.05) is 17.9 Å². The number of Topliss-reactive ketones (excluding diaryl/α,β-unsaturated/α-hetero) is 1. The smallest absolute Gasteiger partial charge is 0.163 e.